The predicted octanol–water partition coefficient (Wildman–Crippen LogP) is 1.09. The van der Waals surface area contributed by atoms with Crippen LogP contribution in [0.15, 0.2) is 18.5 Å². The summed E-state index contributed by atoms with van der Waals surface area (Å²) in [5.41, 5.74) is 6.12. The van der Waals surface area contributed by atoms with Crippen molar-refractivity contribution in [3.63, 3.8) is 0 Å². The Hall–Kier alpha value is -1.95. The highest BCUT2D eigenvalue weighted by Crippen LogP contribution is 2.11. The number of aromatic carboxylic acids is 1. The molecule has 1 aromatic rings. The van der Waals surface area contributed by atoms with E-state index in [1.54, 1.807) is 0 Å². The van der Waals surface area contributed by atoms with Crippen LogP contribution in [0.25, 0.3) is 0 Å². The van der Waals surface area contributed by atoms with Gasteiger partial charge in [0.2, 0.25) is 5.91 Å². The van der Waals surface area contributed by atoms with Gasteiger partial charge < -0.3 is 16.2 Å². The van der Waals surface area contributed by atoms with Crippen molar-refractivity contribution < 1.29 is 14.7 Å². The summed E-state index contributed by atoms with van der Waals surface area (Å²) >= 11 is 0. The monoisotopic (exact) mass is 251 g/mol. The second-order valence-electron chi connectivity index (χ2n) is 4.17. The van der Waals surface area contributed by atoms with Crippen molar-refractivity contribution in [3.05, 3.63) is 24.0 Å². The number of carboxylic acid groups (broad SMARTS) is 1. The molecule has 2 atom stereocenters. The van der Waals surface area contributed by atoms with Crippen LogP contribution >= 0.6 is 0 Å². The van der Waals surface area contributed by atoms with E-state index in [2.05, 4.69) is 10.3 Å². The molecule has 0 aliphatic heterocycles. The summed E-state index contributed by atoms with van der Waals surface area (Å²) in [6.45, 7) is 3.83. The molecule has 1 rings (SSSR count). The Morgan fingerprint density at radius 1 is 1.50 bits per heavy atom. The molecule has 0 saturated heterocycles. The van der Waals surface area contributed by atoms with E-state index in [9.17, 15) is 9.59 Å². The van der Waals surface area contributed by atoms with Gasteiger partial charge in [-0.3, -0.25) is 9.78 Å². The Morgan fingerprint density at radius 2 is 2.17 bits per heavy atom. The fourth-order valence-corrected chi connectivity index (χ4v) is 1.36. The molecule has 4 N–H and O–H groups in total. The number of nitrogens with zero attached hydrogens (tertiary/aromatic N) is 1. The molecule has 0 unspecified atom stereocenters. The van der Waals surface area contributed by atoms with Crippen molar-refractivity contribution >= 4 is 17.6 Å². The lowest BCUT2D eigenvalue weighted by Gasteiger charge is -2.17. The lowest BCUT2D eigenvalue weighted by molar-refractivity contribution is -0.118. The molecule has 98 valence electrons. The maximum atomic E-state index is 11.8. The molecule has 18 heavy (non-hydrogen) atoms. The van der Waals surface area contributed by atoms with Crippen molar-refractivity contribution in [3.8, 4) is 0 Å². The summed E-state index contributed by atoms with van der Waals surface area (Å²) in [5, 5.41) is 11.4. The first-order valence-corrected chi connectivity index (χ1v) is 5.70. The lowest BCUT2D eigenvalue weighted by Crippen LogP contribution is -2.40. The largest absolute Gasteiger partial charge is 0.478 e. The van der Waals surface area contributed by atoms with E-state index in [-0.39, 0.29) is 17.4 Å². The number of hydrogen-bond donors (Lipinski definition) is 3. The molecule has 0 aromatic carbocycles. The van der Waals surface area contributed by atoms with E-state index in [0.29, 0.717) is 5.69 Å². The molecule has 0 aliphatic carbocycles. The Kier molecular flexibility index (Phi) is 4.79. The summed E-state index contributed by atoms with van der Waals surface area (Å²) in [7, 11) is 0. The van der Waals surface area contributed by atoms with Gasteiger partial charge in [-0.05, 0) is 12.0 Å². The summed E-state index contributed by atoms with van der Waals surface area (Å²) in [5.74, 6) is -1.38. The van der Waals surface area contributed by atoms with Crippen molar-refractivity contribution in [2.24, 2.45) is 11.7 Å². The third kappa shape index (κ3) is 3.53. The van der Waals surface area contributed by atoms with Crippen molar-refractivity contribution in [1.82, 2.24) is 4.98 Å². The summed E-state index contributed by atoms with van der Waals surface area (Å²) in [4.78, 5) is 26.3. The van der Waals surface area contributed by atoms with Gasteiger partial charge in [-0.15, -0.1) is 0 Å². The van der Waals surface area contributed by atoms with Gasteiger partial charge in [-0.1, -0.05) is 20.3 Å². The smallest absolute Gasteiger partial charge is 0.337 e. The minimum Gasteiger partial charge on any atom is -0.478 e. The minimum absolute atomic E-state index is 0.0184. The Bertz CT molecular complexity index is 448. The van der Waals surface area contributed by atoms with E-state index in [4.69, 9.17) is 10.8 Å². The van der Waals surface area contributed by atoms with Crippen LogP contribution in [0.1, 0.15) is 30.6 Å². The van der Waals surface area contributed by atoms with E-state index in [1.165, 1.54) is 18.5 Å². The van der Waals surface area contributed by atoms with Crippen molar-refractivity contribution in [1.29, 1.82) is 0 Å². The standard InChI is InChI=1S/C12H17N3O3/c1-3-7(2)10(13)11(16)15-9-4-8(12(17)18)5-14-6-9/h4-7,10H,3,13H2,1-2H3,(H,15,16)(H,17,18)/t7-,10-/m0/s1. The molecule has 0 spiro atoms. The number of hydrogen-bond acceptors (Lipinski definition) is 4. The summed E-state index contributed by atoms with van der Waals surface area (Å²) < 4.78 is 0. The molecular weight excluding hydrogens is 234 g/mol. The zero-order valence-corrected chi connectivity index (χ0v) is 10.4. The number of anilines is 1. The van der Waals surface area contributed by atoms with Crippen LogP contribution in [-0.4, -0.2) is 28.0 Å². The molecule has 6 heteroatoms. The lowest BCUT2D eigenvalue weighted by atomic mass is 9.99. The number of rotatable bonds is 5. The van der Waals surface area contributed by atoms with Gasteiger partial charge in [0.1, 0.15) is 0 Å². The van der Waals surface area contributed by atoms with E-state index < -0.39 is 12.0 Å². The Morgan fingerprint density at radius 3 is 2.72 bits per heavy atom. The molecule has 1 heterocycles. The molecule has 1 amide bonds. The number of aromatic nitrogens is 1. The van der Waals surface area contributed by atoms with E-state index in [1.807, 2.05) is 13.8 Å². The maximum absolute atomic E-state index is 11.8. The van der Waals surface area contributed by atoms with Gasteiger partial charge in [-0.2, -0.15) is 0 Å². The molecule has 0 aliphatic rings. The van der Waals surface area contributed by atoms with Crippen LogP contribution in [0.5, 0.6) is 0 Å². The third-order valence-corrected chi connectivity index (χ3v) is 2.81. The number of pyridine rings is 1. The van der Waals surface area contributed by atoms with Crippen LogP contribution in [0.4, 0.5) is 5.69 Å². The van der Waals surface area contributed by atoms with E-state index in [0.717, 1.165) is 6.42 Å². The molecule has 1 aromatic heterocycles. The summed E-state index contributed by atoms with van der Waals surface area (Å²) in [6, 6.07) is 0.722. The van der Waals surface area contributed by atoms with Crippen LogP contribution < -0.4 is 11.1 Å². The molecular formula is C12H17N3O3. The molecule has 0 fully saturated rings. The number of nitrogens with one attached hydrogen (secondary N) is 1. The second-order valence-corrected chi connectivity index (χ2v) is 4.17. The maximum Gasteiger partial charge on any atom is 0.337 e. The van der Waals surface area contributed by atoms with Crippen LogP contribution in [-0.2, 0) is 4.79 Å². The number of carbonyl (C=O) groups is 2. The highest BCUT2D eigenvalue weighted by molar-refractivity contribution is 5.96. The zero-order valence-electron chi connectivity index (χ0n) is 10.4. The predicted molar refractivity (Wildman–Crippen MR) is 67.3 cm³/mol. The van der Waals surface area contributed by atoms with Gasteiger partial charge >= 0.3 is 5.97 Å². The average molecular weight is 251 g/mol. The van der Waals surface area contributed by atoms with Crippen LogP contribution in [0, 0.1) is 5.92 Å². The number of carboxylic acids is 1. The van der Waals surface area contributed by atoms with Gasteiger partial charge in [-0.25, -0.2) is 4.79 Å². The van der Waals surface area contributed by atoms with Gasteiger partial charge in [0, 0.05) is 6.20 Å². The molecule has 0 radical (unpaired) electrons. The van der Waals surface area contributed by atoms with Crippen LogP contribution in [0.2, 0.25) is 0 Å². The highest BCUT2D eigenvalue weighted by Gasteiger charge is 2.19. The van der Waals surface area contributed by atoms with E-state index >= 15 is 0 Å². The quantitative estimate of drug-likeness (QED) is 0.726. The van der Waals surface area contributed by atoms with Crippen molar-refractivity contribution in [2.75, 3.05) is 5.32 Å². The fourth-order valence-electron chi connectivity index (χ4n) is 1.36. The number of carbonyl (C=O) groups excluding carboxylic acids is 1. The first kappa shape index (κ1) is 14.1. The summed E-state index contributed by atoms with van der Waals surface area (Å²) in [6.07, 6.45) is 3.39. The molecule has 0 saturated carbocycles. The third-order valence-electron chi connectivity index (χ3n) is 2.81. The number of nitrogens with two attached hydrogens (primary N) is 1. The number of amides is 1. The first-order chi connectivity index (χ1) is 8.45. The Balaban J connectivity index is 2.76. The molecule has 6 nitrogen and oxygen atoms in total. The van der Waals surface area contributed by atoms with Gasteiger partial charge in [0.25, 0.3) is 0 Å². The zero-order chi connectivity index (χ0) is 13.7. The van der Waals surface area contributed by atoms with Gasteiger partial charge in [0.15, 0.2) is 0 Å². The molecule has 0 bridgehead atoms. The average Bonchev–Trinajstić information content (AvgIpc) is 2.37. The van der Waals surface area contributed by atoms with Crippen molar-refractivity contribution in [2.45, 2.75) is 26.3 Å². The normalized spacial score (nSPS) is 13.7. The highest BCUT2D eigenvalue weighted by atomic mass is 16.4. The topological polar surface area (TPSA) is 105 Å². The fraction of sp³-hybridized carbons (Fsp3) is 0.417. The minimum atomic E-state index is -1.09. The van der Waals surface area contributed by atoms with Gasteiger partial charge in [0.05, 0.1) is 23.5 Å². The second kappa shape index (κ2) is 6.11. The SMILES string of the molecule is CC[C@H](C)[C@H](N)C(=O)Nc1cncc(C(=O)O)c1. The van der Waals surface area contributed by atoms with Crippen LogP contribution in [0.3, 0.4) is 0 Å². The first-order valence-electron chi connectivity index (χ1n) is 5.70. The Labute approximate surface area is 105 Å².